The van der Waals surface area contributed by atoms with Gasteiger partial charge in [-0.05, 0) is 32.7 Å². The molecule has 2 atom stereocenters. The molecular weight excluding hydrogens is 224 g/mol. The lowest BCUT2D eigenvalue weighted by Crippen LogP contribution is -2.48. The van der Waals surface area contributed by atoms with Crippen LogP contribution in [0, 0.1) is 0 Å². The number of nitrogens with two attached hydrogens (primary N) is 1. The summed E-state index contributed by atoms with van der Waals surface area (Å²) in [7, 11) is 0. The van der Waals surface area contributed by atoms with Gasteiger partial charge in [0.1, 0.15) is 0 Å². The molecule has 1 aromatic rings. The van der Waals surface area contributed by atoms with Gasteiger partial charge >= 0.3 is 0 Å². The molecule has 4 nitrogen and oxygen atoms in total. The first-order chi connectivity index (χ1) is 8.72. The minimum Gasteiger partial charge on any atom is -0.333 e. The summed E-state index contributed by atoms with van der Waals surface area (Å²) in [4.78, 5) is 6.82. The van der Waals surface area contributed by atoms with E-state index in [4.69, 9.17) is 5.73 Å². The van der Waals surface area contributed by atoms with Crippen molar-refractivity contribution in [2.45, 2.75) is 64.7 Å². The summed E-state index contributed by atoms with van der Waals surface area (Å²) in [5, 5.41) is 0. The summed E-state index contributed by atoms with van der Waals surface area (Å²) in [5.74, 6) is 0. The smallest absolute Gasteiger partial charge is 0.0948 e. The Kier molecular flexibility index (Phi) is 4.78. The van der Waals surface area contributed by atoms with E-state index in [1.807, 2.05) is 12.5 Å². The minimum absolute atomic E-state index is 0.257. The molecule has 4 heteroatoms. The highest BCUT2D eigenvalue weighted by molar-refractivity contribution is 5.00. The predicted molar refractivity (Wildman–Crippen MR) is 74.2 cm³/mol. The molecule has 0 radical (unpaired) electrons. The van der Waals surface area contributed by atoms with E-state index in [1.165, 1.54) is 31.5 Å². The second-order valence-corrected chi connectivity index (χ2v) is 5.47. The van der Waals surface area contributed by atoms with Crippen molar-refractivity contribution >= 4 is 0 Å². The van der Waals surface area contributed by atoms with Gasteiger partial charge in [-0.15, -0.1) is 0 Å². The fourth-order valence-corrected chi connectivity index (χ4v) is 2.94. The van der Waals surface area contributed by atoms with E-state index in [0.717, 1.165) is 19.5 Å². The molecule has 0 saturated carbocycles. The van der Waals surface area contributed by atoms with Gasteiger partial charge in [0.15, 0.2) is 0 Å². The number of piperidine rings is 1. The van der Waals surface area contributed by atoms with E-state index in [9.17, 15) is 0 Å². The quantitative estimate of drug-likeness (QED) is 0.869. The van der Waals surface area contributed by atoms with Crippen molar-refractivity contribution in [3.8, 4) is 0 Å². The van der Waals surface area contributed by atoms with E-state index in [-0.39, 0.29) is 6.04 Å². The van der Waals surface area contributed by atoms with Crippen LogP contribution in [0.1, 0.15) is 45.2 Å². The molecule has 0 aromatic carbocycles. The number of hydrogen-bond acceptors (Lipinski definition) is 3. The van der Waals surface area contributed by atoms with Gasteiger partial charge in [0.25, 0.3) is 0 Å². The third kappa shape index (κ3) is 3.12. The molecule has 1 fully saturated rings. The second-order valence-electron chi connectivity index (χ2n) is 5.47. The summed E-state index contributed by atoms with van der Waals surface area (Å²) >= 11 is 0. The molecule has 2 N–H and O–H groups in total. The molecule has 18 heavy (non-hydrogen) atoms. The van der Waals surface area contributed by atoms with Gasteiger partial charge in [-0.1, -0.05) is 13.3 Å². The fourth-order valence-electron chi connectivity index (χ4n) is 2.94. The molecule has 2 rings (SSSR count). The van der Waals surface area contributed by atoms with Crippen LogP contribution in [-0.4, -0.2) is 33.1 Å². The Morgan fingerprint density at radius 2 is 2.33 bits per heavy atom. The first kappa shape index (κ1) is 13.6. The highest BCUT2D eigenvalue weighted by Gasteiger charge is 2.25. The van der Waals surface area contributed by atoms with Crippen LogP contribution in [0.2, 0.25) is 0 Å². The van der Waals surface area contributed by atoms with Crippen molar-refractivity contribution in [1.82, 2.24) is 14.5 Å². The normalized spacial score (nSPS) is 23.2. The summed E-state index contributed by atoms with van der Waals surface area (Å²) in [6.07, 6.45) is 8.95. The lowest BCUT2D eigenvalue weighted by atomic mass is 9.97. The first-order valence-corrected chi connectivity index (χ1v) is 7.21. The molecular formula is C14H26N4. The van der Waals surface area contributed by atoms with Crippen molar-refractivity contribution in [3.63, 3.8) is 0 Å². The van der Waals surface area contributed by atoms with E-state index < -0.39 is 0 Å². The average Bonchev–Trinajstić information content (AvgIpc) is 2.78. The first-order valence-electron chi connectivity index (χ1n) is 7.21. The molecule has 0 bridgehead atoms. The number of likely N-dealkylation sites (tertiary alicyclic amines) is 1. The third-order valence-electron chi connectivity index (χ3n) is 3.90. The highest BCUT2D eigenvalue weighted by atomic mass is 15.2. The van der Waals surface area contributed by atoms with Gasteiger partial charge in [0.05, 0.1) is 12.0 Å². The van der Waals surface area contributed by atoms with Crippen molar-refractivity contribution in [2.75, 3.05) is 6.54 Å². The highest BCUT2D eigenvalue weighted by Crippen LogP contribution is 2.21. The Hall–Kier alpha value is -0.870. The number of aromatic nitrogens is 2. The van der Waals surface area contributed by atoms with Crippen molar-refractivity contribution in [2.24, 2.45) is 5.73 Å². The lowest BCUT2D eigenvalue weighted by molar-refractivity contribution is 0.120. The van der Waals surface area contributed by atoms with Crippen LogP contribution < -0.4 is 5.73 Å². The molecule has 0 amide bonds. The molecule has 2 unspecified atom stereocenters. The van der Waals surface area contributed by atoms with Gasteiger partial charge in [-0.2, -0.15) is 0 Å². The molecule has 2 heterocycles. The standard InChI is InChI=1S/C14H26N4/c1-3-7-18-11-16-9-13(18)10-17-8-5-4-6-14(17)12(2)15/h9,11-12,14H,3-8,10,15H2,1-2H3. The largest absolute Gasteiger partial charge is 0.333 e. The molecule has 1 aliphatic rings. The molecule has 0 spiro atoms. The van der Waals surface area contributed by atoms with Gasteiger partial charge in [0, 0.05) is 31.4 Å². The molecule has 1 saturated heterocycles. The van der Waals surface area contributed by atoms with Crippen LogP contribution in [0.3, 0.4) is 0 Å². The number of aryl methyl sites for hydroxylation is 1. The zero-order chi connectivity index (χ0) is 13.0. The zero-order valence-corrected chi connectivity index (χ0v) is 11.7. The maximum atomic E-state index is 6.12. The molecule has 1 aromatic heterocycles. The minimum atomic E-state index is 0.257. The Balaban J connectivity index is 2.04. The van der Waals surface area contributed by atoms with Crippen LogP contribution in [0.5, 0.6) is 0 Å². The van der Waals surface area contributed by atoms with Crippen LogP contribution >= 0.6 is 0 Å². The number of imidazole rings is 1. The van der Waals surface area contributed by atoms with Crippen LogP contribution in [0.25, 0.3) is 0 Å². The predicted octanol–water partition coefficient (Wildman–Crippen LogP) is 1.99. The Bertz CT molecular complexity index is 358. The molecule has 0 aliphatic carbocycles. The van der Waals surface area contributed by atoms with Crippen molar-refractivity contribution in [1.29, 1.82) is 0 Å². The van der Waals surface area contributed by atoms with E-state index in [0.29, 0.717) is 6.04 Å². The van der Waals surface area contributed by atoms with Gasteiger partial charge < -0.3 is 10.3 Å². The van der Waals surface area contributed by atoms with Crippen LogP contribution in [0.15, 0.2) is 12.5 Å². The zero-order valence-electron chi connectivity index (χ0n) is 11.7. The number of rotatable bonds is 5. The summed E-state index contributed by atoms with van der Waals surface area (Å²) in [6, 6.07) is 0.788. The van der Waals surface area contributed by atoms with Gasteiger partial charge in [0.2, 0.25) is 0 Å². The maximum absolute atomic E-state index is 6.12. The van der Waals surface area contributed by atoms with Gasteiger partial charge in [-0.3, -0.25) is 4.90 Å². The van der Waals surface area contributed by atoms with Crippen LogP contribution in [0.4, 0.5) is 0 Å². The second kappa shape index (κ2) is 6.34. The third-order valence-corrected chi connectivity index (χ3v) is 3.90. The van der Waals surface area contributed by atoms with Crippen molar-refractivity contribution in [3.05, 3.63) is 18.2 Å². The summed E-state index contributed by atoms with van der Waals surface area (Å²) in [6.45, 7) is 7.56. The van der Waals surface area contributed by atoms with E-state index in [1.54, 1.807) is 0 Å². The Morgan fingerprint density at radius 1 is 1.50 bits per heavy atom. The van der Waals surface area contributed by atoms with E-state index >= 15 is 0 Å². The lowest BCUT2D eigenvalue weighted by Gasteiger charge is -2.38. The number of hydrogen-bond donors (Lipinski definition) is 1. The monoisotopic (exact) mass is 250 g/mol. The van der Waals surface area contributed by atoms with E-state index in [2.05, 4.69) is 28.3 Å². The maximum Gasteiger partial charge on any atom is 0.0948 e. The average molecular weight is 250 g/mol. The summed E-state index contributed by atoms with van der Waals surface area (Å²) in [5.41, 5.74) is 7.44. The number of nitrogens with zero attached hydrogens (tertiary/aromatic N) is 3. The summed E-state index contributed by atoms with van der Waals surface area (Å²) < 4.78 is 2.27. The Labute approximate surface area is 110 Å². The molecule has 102 valence electrons. The topological polar surface area (TPSA) is 47.1 Å². The molecule has 1 aliphatic heterocycles. The van der Waals surface area contributed by atoms with Crippen LogP contribution in [-0.2, 0) is 13.1 Å². The SMILES string of the molecule is CCCn1cncc1CN1CCCCC1C(C)N. The van der Waals surface area contributed by atoms with Gasteiger partial charge in [-0.25, -0.2) is 4.98 Å². The van der Waals surface area contributed by atoms with Crippen molar-refractivity contribution < 1.29 is 0 Å². The Morgan fingerprint density at radius 3 is 3.06 bits per heavy atom. The fraction of sp³-hybridized carbons (Fsp3) is 0.786.